The normalized spacial score (nSPS) is 10.1. The molecule has 1 nitrogen and oxygen atoms in total. The first-order valence-electron chi connectivity index (χ1n) is 4.18. The van der Waals surface area contributed by atoms with Crippen molar-refractivity contribution in [2.24, 2.45) is 0 Å². The number of ether oxygens (including phenoxy) is 1. The summed E-state index contributed by atoms with van der Waals surface area (Å²) in [5.74, 6) is 0.862. The zero-order chi connectivity index (χ0) is 9.97. The molecule has 0 saturated carbocycles. The Morgan fingerprint density at radius 2 is 1.86 bits per heavy atom. The SMILES string of the molecule is COc1ccc(-c2sccc2Cl)cc1. The molecule has 0 radical (unpaired) electrons. The second-order valence-corrected chi connectivity index (χ2v) is 4.15. The lowest BCUT2D eigenvalue weighted by molar-refractivity contribution is 0.415. The van der Waals surface area contributed by atoms with Crippen molar-refractivity contribution in [2.75, 3.05) is 7.11 Å². The van der Waals surface area contributed by atoms with Crippen LogP contribution < -0.4 is 4.74 Å². The van der Waals surface area contributed by atoms with E-state index >= 15 is 0 Å². The predicted molar refractivity (Wildman–Crippen MR) is 61.3 cm³/mol. The highest BCUT2D eigenvalue weighted by Gasteiger charge is 2.04. The van der Waals surface area contributed by atoms with Gasteiger partial charge in [-0.15, -0.1) is 11.3 Å². The average molecular weight is 225 g/mol. The second kappa shape index (κ2) is 4.03. The van der Waals surface area contributed by atoms with Crippen LogP contribution in [0.15, 0.2) is 35.7 Å². The van der Waals surface area contributed by atoms with Gasteiger partial charge in [-0.25, -0.2) is 0 Å². The number of halogens is 1. The predicted octanol–water partition coefficient (Wildman–Crippen LogP) is 4.08. The summed E-state index contributed by atoms with van der Waals surface area (Å²) in [4.78, 5) is 1.11. The van der Waals surface area contributed by atoms with Gasteiger partial charge in [0.1, 0.15) is 5.75 Å². The number of hydrogen-bond donors (Lipinski definition) is 0. The molecular weight excluding hydrogens is 216 g/mol. The van der Waals surface area contributed by atoms with E-state index in [1.54, 1.807) is 18.4 Å². The van der Waals surface area contributed by atoms with E-state index in [-0.39, 0.29) is 0 Å². The Morgan fingerprint density at radius 3 is 2.36 bits per heavy atom. The molecule has 2 aromatic rings. The Kier molecular flexibility index (Phi) is 2.75. The van der Waals surface area contributed by atoms with Gasteiger partial charge in [0.15, 0.2) is 0 Å². The number of hydrogen-bond acceptors (Lipinski definition) is 2. The molecule has 0 spiro atoms. The van der Waals surface area contributed by atoms with Crippen LogP contribution in [0.4, 0.5) is 0 Å². The number of thiophene rings is 1. The second-order valence-electron chi connectivity index (χ2n) is 2.83. The topological polar surface area (TPSA) is 9.23 Å². The quantitative estimate of drug-likeness (QED) is 0.747. The van der Waals surface area contributed by atoms with E-state index < -0.39 is 0 Å². The molecule has 0 atom stereocenters. The van der Waals surface area contributed by atoms with E-state index in [9.17, 15) is 0 Å². The van der Waals surface area contributed by atoms with E-state index in [2.05, 4.69) is 0 Å². The average Bonchev–Trinajstić information content (AvgIpc) is 2.65. The first-order chi connectivity index (χ1) is 6.81. The van der Waals surface area contributed by atoms with Gasteiger partial charge in [-0.3, -0.25) is 0 Å². The smallest absolute Gasteiger partial charge is 0.118 e. The van der Waals surface area contributed by atoms with Crippen LogP contribution in [0.3, 0.4) is 0 Å². The van der Waals surface area contributed by atoms with E-state index in [0.29, 0.717) is 0 Å². The largest absolute Gasteiger partial charge is 0.497 e. The highest BCUT2D eigenvalue weighted by Crippen LogP contribution is 2.33. The highest BCUT2D eigenvalue weighted by molar-refractivity contribution is 7.14. The van der Waals surface area contributed by atoms with Crippen LogP contribution in [0.1, 0.15) is 0 Å². The monoisotopic (exact) mass is 224 g/mol. The Balaban J connectivity index is 2.39. The zero-order valence-corrected chi connectivity index (χ0v) is 9.23. The lowest BCUT2D eigenvalue weighted by Gasteiger charge is -2.01. The van der Waals surface area contributed by atoms with Crippen LogP contribution >= 0.6 is 22.9 Å². The van der Waals surface area contributed by atoms with Gasteiger partial charge in [0.2, 0.25) is 0 Å². The third-order valence-electron chi connectivity index (χ3n) is 1.97. The molecule has 2 rings (SSSR count). The molecule has 14 heavy (non-hydrogen) atoms. The van der Waals surface area contributed by atoms with E-state index in [1.165, 1.54) is 0 Å². The molecule has 0 N–H and O–H groups in total. The number of methoxy groups -OCH3 is 1. The molecule has 0 bridgehead atoms. The van der Waals surface area contributed by atoms with Crippen LogP contribution in [0.5, 0.6) is 5.75 Å². The van der Waals surface area contributed by atoms with Crippen molar-refractivity contribution in [3.8, 4) is 16.2 Å². The third-order valence-corrected chi connectivity index (χ3v) is 3.36. The highest BCUT2D eigenvalue weighted by atomic mass is 35.5. The molecule has 0 aliphatic heterocycles. The van der Waals surface area contributed by atoms with Crippen LogP contribution in [0.25, 0.3) is 10.4 Å². The van der Waals surface area contributed by atoms with E-state index in [4.69, 9.17) is 16.3 Å². The molecule has 0 saturated heterocycles. The molecule has 0 aliphatic rings. The minimum atomic E-state index is 0.806. The van der Waals surface area contributed by atoms with E-state index in [0.717, 1.165) is 21.2 Å². The summed E-state index contributed by atoms with van der Waals surface area (Å²) in [5, 5.41) is 2.79. The van der Waals surface area contributed by atoms with Crippen LogP contribution in [0.2, 0.25) is 5.02 Å². The summed E-state index contributed by atoms with van der Waals surface area (Å²) in [7, 11) is 1.66. The Bertz CT molecular complexity index is 419. The van der Waals surface area contributed by atoms with Crippen molar-refractivity contribution in [3.63, 3.8) is 0 Å². The minimum Gasteiger partial charge on any atom is -0.497 e. The van der Waals surface area contributed by atoms with Crippen molar-refractivity contribution >= 4 is 22.9 Å². The van der Waals surface area contributed by atoms with Gasteiger partial charge in [-0.1, -0.05) is 11.6 Å². The van der Waals surface area contributed by atoms with Crippen molar-refractivity contribution < 1.29 is 4.74 Å². The summed E-state index contributed by atoms with van der Waals surface area (Å²) >= 11 is 7.67. The molecular formula is C11H9ClOS. The lowest BCUT2D eigenvalue weighted by atomic mass is 10.2. The first-order valence-corrected chi connectivity index (χ1v) is 5.44. The third kappa shape index (κ3) is 1.76. The van der Waals surface area contributed by atoms with Gasteiger partial charge in [-0.05, 0) is 41.3 Å². The maximum Gasteiger partial charge on any atom is 0.118 e. The summed E-state index contributed by atoms with van der Waals surface area (Å²) in [6.45, 7) is 0. The fourth-order valence-electron chi connectivity index (χ4n) is 1.24. The van der Waals surface area contributed by atoms with Crippen molar-refractivity contribution in [3.05, 3.63) is 40.7 Å². The van der Waals surface area contributed by atoms with Gasteiger partial charge in [-0.2, -0.15) is 0 Å². The van der Waals surface area contributed by atoms with Crippen molar-refractivity contribution in [2.45, 2.75) is 0 Å². The minimum absolute atomic E-state index is 0.806. The standard InChI is InChI=1S/C11H9ClOS/c1-13-9-4-2-8(3-5-9)11-10(12)6-7-14-11/h2-7H,1H3. The van der Waals surface area contributed by atoms with Crippen LogP contribution in [-0.4, -0.2) is 7.11 Å². The van der Waals surface area contributed by atoms with Crippen LogP contribution in [-0.2, 0) is 0 Å². The lowest BCUT2D eigenvalue weighted by Crippen LogP contribution is -1.81. The van der Waals surface area contributed by atoms with Gasteiger partial charge in [0, 0.05) is 0 Å². The summed E-state index contributed by atoms with van der Waals surface area (Å²) < 4.78 is 5.09. The van der Waals surface area contributed by atoms with Gasteiger partial charge >= 0.3 is 0 Å². The fraction of sp³-hybridized carbons (Fsp3) is 0.0909. The molecule has 1 aromatic carbocycles. The molecule has 0 amide bonds. The van der Waals surface area contributed by atoms with E-state index in [1.807, 2.05) is 35.7 Å². The van der Waals surface area contributed by atoms with Gasteiger partial charge in [0.05, 0.1) is 17.0 Å². The number of rotatable bonds is 2. The molecule has 1 heterocycles. The molecule has 0 aliphatic carbocycles. The van der Waals surface area contributed by atoms with Crippen molar-refractivity contribution in [1.29, 1.82) is 0 Å². The maximum atomic E-state index is 6.03. The van der Waals surface area contributed by atoms with Crippen LogP contribution in [0, 0.1) is 0 Å². The zero-order valence-electron chi connectivity index (χ0n) is 7.66. The number of benzene rings is 1. The Labute approximate surface area is 91.9 Å². The first kappa shape index (κ1) is 9.56. The van der Waals surface area contributed by atoms with Gasteiger partial charge in [0.25, 0.3) is 0 Å². The molecule has 1 aromatic heterocycles. The van der Waals surface area contributed by atoms with Crippen molar-refractivity contribution in [1.82, 2.24) is 0 Å². The maximum absolute atomic E-state index is 6.03. The Hall–Kier alpha value is -0.990. The Morgan fingerprint density at radius 1 is 1.14 bits per heavy atom. The summed E-state index contributed by atoms with van der Waals surface area (Å²) in [5.41, 5.74) is 1.13. The fourth-order valence-corrected chi connectivity index (χ4v) is 2.42. The molecule has 0 unspecified atom stereocenters. The summed E-state index contributed by atoms with van der Waals surface area (Å²) in [6, 6.07) is 9.80. The summed E-state index contributed by atoms with van der Waals surface area (Å²) in [6.07, 6.45) is 0. The molecule has 3 heteroatoms. The molecule has 0 fully saturated rings. The molecule has 72 valence electrons. The van der Waals surface area contributed by atoms with Gasteiger partial charge < -0.3 is 4.74 Å².